The maximum atomic E-state index is 14.8. The average Bonchev–Trinajstić information content (AvgIpc) is 3.08. The molecule has 0 radical (unpaired) electrons. The molecule has 47 heavy (non-hydrogen) atoms. The smallest absolute Gasteiger partial charge is 0.264 e. The second kappa shape index (κ2) is 15.4. The van der Waals surface area contributed by atoms with Crippen LogP contribution in [0.2, 0.25) is 0 Å². The second-order valence-electron chi connectivity index (χ2n) is 12.6. The van der Waals surface area contributed by atoms with Crippen molar-refractivity contribution in [1.82, 2.24) is 10.2 Å². The van der Waals surface area contributed by atoms with Gasteiger partial charge in [-0.3, -0.25) is 13.9 Å². The molecule has 8 heteroatoms. The Kier molecular flexibility index (Phi) is 11.1. The Morgan fingerprint density at radius 3 is 2.11 bits per heavy atom. The zero-order valence-electron chi connectivity index (χ0n) is 27.6. The van der Waals surface area contributed by atoms with Crippen LogP contribution in [-0.4, -0.2) is 43.8 Å². The largest absolute Gasteiger partial charge is 0.352 e. The van der Waals surface area contributed by atoms with Crippen molar-refractivity contribution in [2.24, 2.45) is 0 Å². The van der Waals surface area contributed by atoms with Gasteiger partial charge >= 0.3 is 0 Å². The van der Waals surface area contributed by atoms with Gasteiger partial charge in [-0.15, -0.1) is 0 Å². The molecular formula is C39H45N3O4S. The minimum atomic E-state index is -4.15. The van der Waals surface area contributed by atoms with Gasteiger partial charge in [0.15, 0.2) is 0 Å². The van der Waals surface area contributed by atoms with E-state index in [1.807, 2.05) is 87.5 Å². The van der Waals surface area contributed by atoms with Crippen molar-refractivity contribution in [3.8, 4) is 0 Å². The van der Waals surface area contributed by atoms with E-state index in [1.165, 1.54) is 4.31 Å². The third-order valence-electron chi connectivity index (χ3n) is 9.07. The van der Waals surface area contributed by atoms with Gasteiger partial charge < -0.3 is 10.2 Å². The molecule has 1 aliphatic rings. The van der Waals surface area contributed by atoms with E-state index in [9.17, 15) is 18.0 Å². The number of aryl methyl sites for hydroxylation is 3. The molecule has 2 amide bonds. The minimum absolute atomic E-state index is 0.0508. The molecule has 1 saturated carbocycles. The molecule has 0 bridgehead atoms. The molecule has 1 atom stereocenters. The Morgan fingerprint density at radius 1 is 0.787 bits per heavy atom. The summed E-state index contributed by atoms with van der Waals surface area (Å²) < 4.78 is 29.8. The maximum absolute atomic E-state index is 14.8. The zero-order chi connectivity index (χ0) is 33.4. The third-order valence-corrected chi connectivity index (χ3v) is 10.8. The lowest BCUT2D eigenvalue weighted by atomic mass is 9.94. The Hall–Kier alpha value is -4.43. The molecule has 0 aromatic heterocycles. The van der Waals surface area contributed by atoms with E-state index in [1.54, 1.807) is 41.3 Å². The quantitative estimate of drug-likeness (QED) is 0.181. The summed E-state index contributed by atoms with van der Waals surface area (Å²) in [5.41, 5.74) is 4.83. The lowest BCUT2D eigenvalue weighted by Gasteiger charge is -2.35. The molecule has 1 unspecified atom stereocenters. The van der Waals surface area contributed by atoms with Crippen LogP contribution in [0.3, 0.4) is 0 Å². The first-order chi connectivity index (χ1) is 22.6. The van der Waals surface area contributed by atoms with E-state index in [4.69, 9.17) is 0 Å². The fourth-order valence-corrected chi connectivity index (χ4v) is 7.78. The normalized spacial score (nSPS) is 14.3. The van der Waals surface area contributed by atoms with Crippen LogP contribution in [0.4, 0.5) is 5.69 Å². The van der Waals surface area contributed by atoms with Crippen LogP contribution in [0.1, 0.15) is 59.9 Å². The van der Waals surface area contributed by atoms with Crippen LogP contribution in [0.15, 0.2) is 108 Å². The fourth-order valence-electron chi connectivity index (χ4n) is 6.29. The number of carbonyl (C=O) groups is 2. The molecule has 0 aliphatic heterocycles. The first-order valence-electron chi connectivity index (χ1n) is 16.5. The predicted molar refractivity (Wildman–Crippen MR) is 188 cm³/mol. The first-order valence-corrected chi connectivity index (χ1v) is 17.9. The van der Waals surface area contributed by atoms with Crippen LogP contribution in [0.5, 0.6) is 0 Å². The van der Waals surface area contributed by atoms with E-state index in [2.05, 4.69) is 5.32 Å². The molecular weight excluding hydrogens is 607 g/mol. The van der Waals surface area contributed by atoms with Crippen LogP contribution in [0, 0.1) is 20.8 Å². The Balaban J connectivity index is 1.59. The minimum Gasteiger partial charge on any atom is -0.352 e. The molecule has 1 aliphatic carbocycles. The van der Waals surface area contributed by atoms with Crippen molar-refractivity contribution in [2.75, 3.05) is 10.8 Å². The number of benzene rings is 4. The summed E-state index contributed by atoms with van der Waals surface area (Å²) in [6.07, 6.45) is 5.38. The van der Waals surface area contributed by atoms with Gasteiger partial charge in [-0.05, 0) is 79.6 Å². The summed E-state index contributed by atoms with van der Waals surface area (Å²) >= 11 is 0. The average molecular weight is 652 g/mol. The van der Waals surface area contributed by atoms with Gasteiger partial charge in [0.1, 0.15) is 12.6 Å². The Labute approximate surface area is 279 Å². The third kappa shape index (κ3) is 8.49. The van der Waals surface area contributed by atoms with E-state index in [0.29, 0.717) is 12.1 Å². The van der Waals surface area contributed by atoms with Crippen LogP contribution in [-0.2, 0) is 32.6 Å². The van der Waals surface area contributed by atoms with Crippen LogP contribution < -0.4 is 9.62 Å². The van der Waals surface area contributed by atoms with Crippen LogP contribution >= 0.6 is 0 Å². The van der Waals surface area contributed by atoms with E-state index in [0.717, 1.165) is 59.9 Å². The first kappa shape index (κ1) is 33.9. The van der Waals surface area contributed by atoms with Gasteiger partial charge in [-0.25, -0.2) is 8.42 Å². The highest BCUT2D eigenvalue weighted by Crippen LogP contribution is 2.29. The second-order valence-corrected chi connectivity index (χ2v) is 14.5. The standard InChI is InChI=1S/C39H45N3O4S/c1-29-23-24-31(3)36(25-29)42(47(45,46)35-21-11-6-12-22-35)28-38(43)41(27-33-18-14-13-15-30(33)2)37(26-32-16-7-4-8-17-32)39(44)40-34-19-9-5-10-20-34/h4,6-8,11-18,21-25,34,37H,5,9-10,19-20,26-28H2,1-3H3,(H,40,44). The number of sulfonamides is 1. The van der Waals surface area contributed by atoms with Crippen molar-refractivity contribution in [3.63, 3.8) is 0 Å². The van der Waals surface area contributed by atoms with Gasteiger partial charge in [0.2, 0.25) is 11.8 Å². The molecule has 0 spiro atoms. The van der Waals surface area contributed by atoms with Crippen LogP contribution in [0.25, 0.3) is 0 Å². The topological polar surface area (TPSA) is 86.8 Å². The molecule has 1 N–H and O–H groups in total. The summed E-state index contributed by atoms with van der Waals surface area (Å²) in [6.45, 7) is 5.42. The molecule has 5 rings (SSSR count). The van der Waals surface area contributed by atoms with Crippen molar-refractivity contribution in [1.29, 1.82) is 0 Å². The van der Waals surface area contributed by atoms with Crippen molar-refractivity contribution in [2.45, 2.75) is 82.8 Å². The van der Waals surface area contributed by atoms with E-state index in [-0.39, 0.29) is 23.4 Å². The van der Waals surface area contributed by atoms with Crippen molar-refractivity contribution in [3.05, 3.63) is 131 Å². The highest BCUT2D eigenvalue weighted by Gasteiger charge is 2.36. The molecule has 1 fully saturated rings. The molecule has 0 saturated heterocycles. The number of amides is 2. The molecule has 0 heterocycles. The van der Waals surface area contributed by atoms with Gasteiger partial charge in [0.25, 0.3) is 10.0 Å². The number of rotatable bonds is 12. The van der Waals surface area contributed by atoms with Crippen molar-refractivity contribution < 1.29 is 18.0 Å². The van der Waals surface area contributed by atoms with Crippen molar-refractivity contribution >= 4 is 27.5 Å². The van der Waals surface area contributed by atoms with Gasteiger partial charge in [-0.2, -0.15) is 0 Å². The number of hydrogen-bond acceptors (Lipinski definition) is 4. The molecule has 246 valence electrons. The number of anilines is 1. The number of nitrogens with zero attached hydrogens (tertiary/aromatic N) is 2. The summed E-state index contributed by atoms with van der Waals surface area (Å²) in [5, 5.41) is 3.27. The molecule has 4 aromatic rings. The molecule has 4 aromatic carbocycles. The van der Waals surface area contributed by atoms with Gasteiger partial charge in [-0.1, -0.05) is 104 Å². The fraction of sp³-hybridized carbons (Fsp3) is 0.333. The van der Waals surface area contributed by atoms with Gasteiger partial charge in [0.05, 0.1) is 10.6 Å². The Bertz CT molecular complexity index is 1770. The predicted octanol–water partition coefficient (Wildman–Crippen LogP) is 6.90. The lowest BCUT2D eigenvalue weighted by Crippen LogP contribution is -2.55. The van der Waals surface area contributed by atoms with Gasteiger partial charge in [0, 0.05) is 19.0 Å². The highest BCUT2D eigenvalue weighted by atomic mass is 32.2. The molecule has 7 nitrogen and oxygen atoms in total. The van der Waals surface area contributed by atoms with E-state index < -0.39 is 28.5 Å². The summed E-state index contributed by atoms with van der Waals surface area (Å²) in [7, 11) is -4.15. The SMILES string of the molecule is Cc1ccc(C)c(N(CC(=O)N(Cc2ccccc2C)C(Cc2ccccc2)C(=O)NC2CCCCC2)S(=O)(=O)c2ccccc2)c1. The maximum Gasteiger partial charge on any atom is 0.264 e. The number of nitrogens with one attached hydrogen (secondary N) is 1. The summed E-state index contributed by atoms with van der Waals surface area (Å²) in [5.74, 6) is -0.666. The van der Waals surface area contributed by atoms with E-state index >= 15 is 0 Å². The summed E-state index contributed by atoms with van der Waals surface area (Å²) in [4.78, 5) is 30.7. The number of hydrogen-bond donors (Lipinski definition) is 1. The highest BCUT2D eigenvalue weighted by molar-refractivity contribution is 7.92. The number of carbonyl (C=O) groups excluding carboxylic acids is 2. The Morgan fingerprint density at radius 2 is 1.43 bits per heavy atom. The summed E-state index contributed by atoms with van der Waals surface area (Å²) in [6, 6.07) is 30.4. The lowest BCUT2D eigenvalue weighted by molar-refractivity contribution is -0.140. The monoisotopic (exact) mass is 651 g/mol. The zero-order valence-corrected chi connectivity index (χ0v) is 28.4.